The standard InChI is InChI=1S/C17H20N2O2/c18-10-12-4-3-9-19(11-12)17(21)15-8-7-13-5-1-2-6-14(13)16(15)20/h1-2,5-8,12,20H,3-4,9-11,18H2. The number of phenolic OH excluding ortho intramolecular Hbond substituents is 1. The summed E-state index contributed by atoms with van der Waals surface area (Å²) < 4.78 is 0. The van der Waals surface area contributed by atoms with E-state index >= 15 is 0 Å². The Kier molecular flexibility index (Phi) is 3.80. The largest absolute Gasteiger partial charge is 0.506 e. The summed E-state index contributed by atoms with van der Waals surface area (Å²) >= 11 is 0. The van der Waals surface area contributed by atoms with Gasteiger partial charge >= 0.3 is 0 Å². The molecule has 110 valence electrons. The molecule has 1 aliphatic heterocycles. The minimum atomic E-state index is -0.101. The maximum atomic E-state index is 12.7. The number of carbonyl (C=O) groups excluding carboxylic acids is 1. The number of hydrogen-bond acceptors (Lipinski definition) is 3. The zero-order valence-corrected chi connectivity index (χ0v) is 12.0. The molecule has 4 heteroatoms. The van der Waals surface area contributed by atoms with Crippen molar-refractivity contribution in [1.82, 2.24) is 4.90 Å². The highest BCUT2D eigenvalue weighted by Crippen LogP contribution is 2.30. The Morgan fingerprint density at radius 2 is 2.10 bits per heavy atom. The second-order valence-corrected chi connectivity index (χ2v) is 5.68. The zero-order valence-electron chi connectivity index (χ0n) is 12.0. The third-order valence-corrected chi connectivity index (χ3v) is 4.27. The van der Waals surface area contributed by atoms with Crippen LogP contribution >= 0.6 is 0 Å². The topological polar surface area (TPSA) is 66.6 Å². The minimum Gasteiger partial charge on any atom is -0.506 e. The van der Waals surface area contributed by atoms with Crippen LogP contribution in [-0.4, -0.2) is 35.5 Å². The molecule has 0 spiro atoms. The lowest BCUT2D eigenvalue weighted by molar-refractivity contribution is 0.0675. The molecule has 0 radical (unpaired) electrons. The van der Waals surface area contributed by atoms with Gasteiger partial charge in [0.15, 0.2) is 0 Å². The monoisotopic (exact) mass is 284 g/mol. The first kappa shape index (κ1) is 13.9. The fourth-order valence-electron chi connectivity index (χ4n) is 3.04. The normalized spacial score (nSPS) is 18.9. The number of carbonyl (C=O) groups is 1. The van der Waals surface area contributed by atoms with Gasteiger partial charge in [-0.3, -0.25) is 4.79 Å². The van der Waals surface area contributed by atoms with Crippen LogP contribution in [0.3, 0.4) is 0 Å². The highest BCUT2D eigenvalue weighted by molar-refractivity contribution is 6.03. The molecular formula is C17H20N2O2. The Bertz CT molecular complexity index is 669. The van der Waals surface area contributed by atoms with Crippen molar-refractivity contribution >= 4 is 16.7 Å². The van der Waals surface area contributed by atoms with Crippen LogP contribution in [0.1, 0.15) is 23.2 Å². The molecule has 1 unspecified atom stereocenters. The van der Waals surface area contributed by atoms with Crippen LogP contribution in [0, 0.1) is 5.92 Å². The van der Waals surface area contributed by atoms with E-state index in [4.69, 9.17) is 5.73 Å². The van der Waals surface area contributed by atoms with Gasteiger partial charge in [0.05, 0.1) is 5.56 Å². The number of fused-ring (bicyclic) bond motifs is 1. The highest BCUT2D eigenvalue weighted by Gasteiger charge is 2.25. The van der Waals surface area contributed by atoms with Gasteiger partial charge in [-0.15, -0.1) is 0 Å². The summed E-state index contributed by atoms with van der Waals surface area (Å²) in [5, 5.41) is 12.1. The number of phenols is 1. The molecule has 3 rings (SSSR count). The van der Waals surface area contributed by atoms with E-state index in [0.717, 1.165) is 30.2 Å². The second-order valence-electron chi connectivity index (χ2n) is 5.68. The number of piperidine rings is 1. The van der Waals surface area contributed by atoms with Gasteiger partial charge in [0.2, 0.25) is 0 Å². The molecule has 4 nitrogen and oxygen atoms in total. The summed E-state index contributed by atoms with van der Waals surface area (Å²) in [6, 6.07) is 11.1. The van der Waals surface area contributed by atoms with E-state index in [1.807, 2.05) is 35.2 Å². The fourth-order valence-corrected chi connectivity index (χ4v) is 3.04. The molecule has 0 saturated carbocycles. The van der Waals surface area contributed by atoms with Crippen molar-refractivity contribution in [2.24, 2.45) is 11.7 Å². The summed E-state index contributed by atoms with van der Waals surface area (Å²) in [5.41, 5.74) is 6.10. The maximum Gasteiger partial charge on any atom is 0.257 e. The van der Waals surface area contributed by atoms with E-state index in [2.05, 4.69) is 0 Å². The van der Waals surface area contributed by atoms with Gasteiger partial charge < -0.3 is 15.7 Å². The van der Waals surface area contributed by atoms with Gasteiger partial charge in [-0.05, 0) is 36.8 Å². The fraction of sp³-hybridized carbons (Fsp3) is 0.353. The molecule has 1 fully saturated rings. The molecule has 21 heavy (non-hydrogen) atoms. The highest BCUT2D eigenvalue weighted by atomic mass is 16.3. The van der Waals surface area contributed by atoms with Crippen molar-refractivity contribution in [3.63, 3.8) is 0 Å². The first-order valence-electron chi connectivity index (χ1n) is 7.40. The molecule has 1 saturated heterocycles. The van der Waals surface area contributed by atoms with E-state index in [-0.39, 0.29) is 11.7 Å². The molecule has 1 amide bonds. The number of aromatic hydroxyl groups is 1. The molecule has 3 N–H and O–H groups in total. The van der Waals surface area contributed by atoms with Crippen LogP contribution in [0.25, 0.3) is 10.8 Å². The Balaban J connectivity index is 1.92. The van der Waals surface area contributed by atoms with Crippen LogP contribution in [0.2, 0.25) is 0 Å². The molecule has 1 atom stereocenters. The van der Waals surface area contributed by atoms with Crippen LogP contribution in [-0.2, 0) is 0 Å². The Hall–Kier alpha value is -2.07. The molecule has 2 aromatic rings. The predicted molar refractivity (Wildman–Crippen MR) is 83.3 cm³/mol. The number of benzene rings is 2. The van der Waals surface area contributed by atoms with E-state index in [1.54, 1.807) is 6.07 Å². The summed E-state index contributed by atoms with van der Waals surface area (Å²) in [4.78, 5) is 14.5. The van der Waals surface area contributed by atoms with Crippen molar-refractivity contribution in [1.29, 1.82) is 0 Å². The average Bonchev–Trinajstić information content (AvgIpc) is 2.55. The lowest BCUT2D eigenvalue weighted by Gasteiger charge is -2.32. The number of hydrogen-bond donors (Lipinski definition) is 2. The van der Waals surface area contributed by atoms with Gasteiger partial charge in [0.1, 0.15) is 5.75 Å². The summed E-state index contributed by atoms with van der Waals surface area (Å²) in [6.45, 7) is 2.02. The van der Waals surface area contributed by atoms with Gasteiger partial charge in [-0.25, -0.2) is 0 Å². The van der Waals surface area contributed by atoms with Gasteiger partial charge in [-0.2, -0.15) is 0 Å². The molecule has 0 bridgehead atoms. The SMILES string of the molecule is NCC1CCCN(C(=O)c2ccc3ccccc3c2O)C1. The van der Waals surface area contributed by atoms with Crippen molar-refractivity contribution < 1.29 is 9.90 Å². The summed E-state index contributed by atoms with van der Waals surface area (Å²) in [6.07, 6.45) is 2.05. The maximum absolute atomic E-state index is 12.7. The lowest BCUT2D eigenvalue weighted by atomic mass is 9.97. The van der Waals surface area contributed by atoms with E-state index in [9.17, 15) is 9.90 Å². The van der Waals surface area contributed by atoms with Crippen molar-refractivity contribution in [2.45, 2.75) is 12.8 Å². The van der Waals surface area contributed by atoms with E-state index in [1.165, 1.54) is 0 Å². The second kappa shape index (κ2) is 5.74. The van der Waals surface area contributed by atoms with Gasteiger partial charge in [0, 0.05) is 18.5 Å². The number of nitrogens with zero attached hydrogens (tertiary/aromatic N) is 1. The third-order valence-electron chi connectivity index (χ3n) is 4.27. The predicted octanol–water partition coefficient (Wildman–Crippen LogP) is 2.36. The number of likely N-dealkylation sites (tertiary alicyclic amines) is 1. The van der Waals surface area contributed by atoms with Crippen molar-refractivity contribution in [3.8, 4) is 5.75 Å². The van der Waals surface area contributed by atoms with Crippen LogP contribution < -0.4 is 5.73 Å². The molecular weight excluding hydrogens is 264 g/mol. The average molecular weight is 284 g/mol. The Morgan fingerprint density at radius 1 is 1.29 bits per heavy atom. The van der Waals surface area contributed by atoms with Crippen LogP contribution in [0.4, 0.5) is 0 Å². The Labute approximate surface area is 124 Å². The zero-order chi connectivity index (χ0) is 14.8. The summed E-state index contributed by atoms with van der Waals surface area (Å²) in [5.74, 6) is 0.342. The van der Waals surface area contributed by atoms with Crippen LogP contribution in [0.5, 0.6) is 5.75 Å². The van der Waals surface area contributed by atoms with Crippen molar-refractivity contribution in [3.05, 3.63) is 42.0 Å². The van der Waals surface area contributed by atoms with E-state index < -0.39 is 0 Å². The summed E-state index contributed by atoms with van der Waals surface area (Å²) in [7, 11) is 0. The first-order chi connectivity index (χ1) is 10.2. The molecule has 0 aromatic heterocycles. The van der Waals surface area contributed by atoms with Gasteiger partial charge in [-0.1, -0.05) is 30.3 Å². The van der Waals surface area contributed by atoms with Gasteiger partial charge in [0.25, 0.3) is 5.91 Å². The Morgan fingerprint density at radius 3 is 2.90 bits per heavy atom. The lowest BCUT2D eigenvalue weighted by Crippen LogP contribution is -2.42. The smallest absolute Gasteiger partial charge is 0.257 e. The van der Waals surface area contributed by atoms with E-state index in [0.29, 0.717) is 24.6 Å². The molecule has 1 heterocycles. The molecule has 1 aliphatic rings. The number of nitrogens with two attached hydrogens (primary N) is 1. The first-order valence-corrected chi connectivity index (χ1v) is 7.40. The van der Waals surface area contributed by atoms with Crippen LogP contribution in [0.15, 0.2) is 36.4 Å². The molecule has 2 aromatic carbocycles. The third kappa shape index (κ3) is 2.59. The molecule has 0 aliphatic carbocycles. The minimum absolute atomic E-state index is 0.0768. The number of amides is 1. The number of rotatable bonds is 2. The quantitative estimate of drug-likeness (QED) is 0.889. The van der Waals surface area contributed by atoms with Crippen molar-refractivity contribution in [2.75, 3.05) is 19.6 Å².